The first-order chi connectivity index (χ1) is 16.4. The van der Waals surface area contributed by atoms with Crippen molar-refractivity contribution in [2.24, 2.45) is 5.92 Å². The Morgan fingerprint density at radius 3 is 2.59 bits per heavy atom. The van der Waals surface area contributed by atoms with E-state index < -0.39 is 17.5 Å². The van der Waals surface area contributed by atoms with Gasteiger partial charge in [0.15, 0.2) is 0 Å². The van der Waals surface area contributed by atoms with Gasteiger partial charge in [-0.2, -0.15) is 5.48 Å². The van der Waals surface area contributed by atoms with Gasteiger partial charge in [-0.05, 0) is 42.4 Å². The molecule has 34 heavy (non-hydrogen) atoms. The Kier molecular flexibility index (Phi) is 5.87. The highest BCUT2D eigenvalue weighted by Crippen LogP contribution is 2.46. The van der Waals surface area contributed by atoms with Crippen LogP contribution in [0.1, 0.15) is 48.9 Å². The third-order valence-corrected chi connectivity index (χ3v) is 7.35. The third kappa shape index (κ3) is 3.86. The molecular formula is C26H30N4O4. The van der Waals surface area contributed by atoms with Gasteiger partial charge in [-0.25, -0.2) is 4.79 Å². The molecule has 1 saturated heterocycles. The third-order valence-electron chi connectivity index (χ3n) is 7.35. The topological polar surface area (TPSA) is 91.0 Å². The second-order valence-electron chi connectivity index (χ2n) is 9.48. The number of amides is 4. The zero-order valence-electron chi connectivity index (χ0n) is 19.5. The molecule has 2 N–H and O–H groups in total. The van der Waals surface area contributed by atoms with Gasteiger partial charge in [0.25, 0.3) is 5.91 Å². The molecule has 8 heteroatoms. The molecular weight excluding hydrogens is 432 g/mol. The summed E-state index contributed by atoms with van der Waals surface area (Å²) in [7, 11) is 1.52. The number of nitrogens with one attached hydrogen (secondary N) is 2. The van der Waals surface area contributed by atoms with E-state index in [4.69, 9.17) is 4.84 Å². The first-order valence-electron chi connectivity index (χ1n) is 11.8. The zero-order chi connectivity index (χ0) is 23.9. The average molecular weight is 463 g/mol. The van der Waals surface area contributed by atoms with E-state index in [1.54, 1.807) is 0 Å². The molecule has 8 nitrogen and oxygen atoms in total. The summed E-state index contributed by atoms with van der Waals surface area (Å²) in [5, 5.41) is 2.90. The molecule has 1 saturated carbocycles. The van der Waals surface area contributed by atoms with E-state index in [0.717, 1.165) is 34.4 Å². The van der Waals surface area contributed by atoms with Crippen molar-refractivity contribution in [3.05, 3.63) is 71.3 Å². The molecule has 2 aromatic rings. The van der Waals surface area contributed by atoms with Gasteiger partial charge < -0.3 is 15.1 Å². The molecule has 2 aromatic carbocycles. The van der Waals surface area contributed by atoms with E-state index in [-0.39, 0.29) is 24.5 Å². The largest absolute Gasteiger partial charge is 0.334 e. The van der Waals surface area contributed by atoms with Gasteiger partial charge in [0.2, 0.25) is 5.91 Å². The lowest BCUT2D eigenvalue weighted by molar-refractivity contribution is -0.141. The van der Waals surface area contributed by atoms with Gasteiger partial charge in [0.05, 0.1) is 13.2 Å². The van der Waals surface area contributed by atoms with E-state index in [0.29, 0.717) is 18.9 Å². The molecule has 3 atom stereocenters. The Morgan fingerprint density at radius 2 is 1.88 bits per heavy atom. The summed E-state index contributed by atoms with van der Waals surface area (Å²) < 4.78 is 0. The number of carbonyl (C=O) groups excluding carboxylic acids is 3. The number of hydrogen-bond donors (Lipinski definition) is 2. The minimum absolute atomic E-state index is 0.0462. The van der Waals surface area contributed by atoms with Crippen LogP contribution in [0.15, 0.2) is 54.6 Å². The normalized spacial score (nSPS) is 24.3. The lowest BCUT2D eigenvalue weighted by Gasteiger charge is -2.31. The minimum Gasteiger partial charge on any atom is -0.334 e. The zero-order valence-corrected chi connectivity index (χ0v) is 19.5. The molecule has 0 aromatic heterocycles. The molecule has 0 bridgehead atoms. The number of fused-ring (bicyclic) bond motifs is 2. The van der Waals surface area contributed by atoms with E-state index in [2.05, 4.69) is 17.7 Å². The Morgan fingerprint density at radius 1 is 1.18 bits per heavy atom. The highest BCUT2D eigenvalue weighted by molar-refractivity contribution is 6.10. The fraction of sp³-hybridized carbons (Fsp3) is 0.423. The van der Waals surface area contributed by atoms with Gasteiger partial charge in [0, 0.05) is 19.0 Å². The Hall–Kier alpha value is -3.23. The van der Waals surface area contributed by atoms with E-state index >= 15 is 0 Å². The first kappa shape index (κ1) is 22.6. The van der Waals surface area contributed by atoms with Crippen LogP contribution in [0.2, 0.25) is 0 Å². The molecule has 1 spiro atoms. The van der Waals surface area contributed by atoms with Gasteiger partial charge in [-0.1, -0.05) is 54.6 Å². The summed E-state index contributed by atoms with van der Waals surface area (Å²) in [5.74, 6) is -0.149. The molecule has 0 radical (unpaired) electrons. The molecule has 2 aliphatic carbocycles. The smallest absolute Gasteiger partial charge is 0.325 e. The van der Waals surface area contributed by atoms with E-state index in [9.17, 15) is 14.4 Å². The molecule has 4 amide bonds. The Labute approximate surface area is 199 Å². The van der Waals surface area contributed by atoms with E-state index in [1.165, 1.54) is 7.11 Å². The van der Waals surface area contributed by atoms with Crippen molar-refractivity contribution < 1.29 is 19.2 Å². The van der Waals surface area contributed by atoms with Crippen LogP contribution in [-0.2, 0) is 26.5 Å². The SMILES string of the molecule is CONC1C[C@]2(NC(=O)N(CC(=O)N(Cc3ccccc3)C(C)C3CC3)C2=O)c2ccccc21. The van der Waals surface area contributed by atoms with Crippen molar-refractivity contribution in [1.82, 2.24) is 20.6 Å². The summed E-state index contributed by atoms with van der Waals surface area (Å²) >= 11 is 0. The number of nitrogens with zero attached hydrogens (tertiary/aromatic N) is 2. The summed E-state index contributed by atoms with van der Waals surface area (Å²) in [5.41, 5.74) is 4.39. The number of hydrogen-bond acceptors (Lipinski definition) is 5. The van der Waals surface area contributed by atoms with Crippen LogP contribution in [0.5, 0.6) is 0 Å². The summed E-state index contributed by atoms with van der Waals surface area (Å²) in [6.07, 6.45) is 2.51. The van der Waals surface area contributed by atoms with Gasteiger partial charge in [0.1, 0.15) is 12.1 Å². The highest BCUT2D eigenvalue weighted by atomic mass is 16.6. The van der Waals surface area contributed by atoms with Crippen molar-refractivity contribution in [2.75, 3.05) is 13.7 Å². The quantitative estimate of drug-likeness (QED) is 0.465. The maximum Gasteiger partial charge on any atom is 0.325 e. The number of imide groups is 1. The van der Waals surface area contributed by atoms with Crippen molar-refractivity contribution >= 4 is 17.8 Å². The lowest BCUT2D eigenvalue weighted by Crippen LogP contribution is -2.47. The number of benzene rings is 2. The highest BCUT2D eigenvalue weighted by Gasteiger charge is 2.58. The van der Waals surface area contributed by atoms with Crippen LogP contribution in [-0.4, -0.2) is 47.3 Å². The number of urea groups is 1. The molecule has 3 aliphatic rings. The number of carbonyl (C=O) groups is 3. The van der Waals surface area contributed by atoms with Gasteiger partial charge in [-0.3, -0.25) is 14.5 Å². The first-order valence-corrected chi connectivity index (χ1v) is 11.8. The molecule has 5 rings (SSSR count). The Balaban J connectivity index is 1.38. The summed E-state index contributed by atoms with van der Waals surface area (Å²) in [6.45, 7) is 2.23. The summed E-state index contributed by atoms with van der Waals surface area (Å²) in [4.78, 5) is 48.2. The standard InChI is InChI=1S/C26H30N4O4/c1-17(19-12-13-19)29(15-18-8-4-3-5-9-18)23(31)16-30-24(32)26(27-25(30)33)14-22(28-34-2)20-10-6-7-11-21(20)26/h3-11,17,19,22,28H,12-16H2,1-2H3,(H,27,33)/t17?,22?,26-/m0/s1. The summed E-state index contributed by atoms with van der Waals surface area (Å²) in [6, 6.07) is 16.6. The van der Waals surface area contributed by atoms with Crippen LogP contribution < -0.4 is 10.8 Å². The van der Waals surface area contributed by atoms with Crippen LogP contribution in [0, 0.1) is 5.92 Å². The molecule has 1 heterocycles. The van der Waals surface area contributed by atoms with Crippen molar-refractivity contribution in [3.8, 4) is 0 Å². The second-order valence-corrected chi connectivity index (χ2v) is 9.48. The fourth-order valence-electron chi connectivity index (χ4n) is 5.35. The molecule has 1 aliphatic heterocycles. The van der Waals surface area contributed by atoms with Gasteiger partial charge in [-0.15, -0.1) is 0 Å². The molecule has 2 fully saturated rings. The monoisotopic (exact) mass is 462 g/mol. The maximum absolute atomic E-state index is 13.7. The van der Waals surface area contributed by atoms with Crippen LogP contribution in [0.25, 0.3) is 0 Å². The van der Waals surface area contributed by atoms with Crippen molar-refractivity contribution in [3.63, 3.8) is 0 Å². The maximum atomic E-state index is 13.7. The number of hydroxylamine groups is 1. The average Bonchev–Trinajstić information content (AvgIpc) is 3.62. The Bertz CT molecular complexity index is 1100. The van der Waals surface area contributed by atoms with E-state index in [1.807, 2.05) is 59.5 Å². The van der Waals surface area contributed by atoms with Crippen LogP contribution >= 0.6 is 0 Å². The van der Waals surface area contributed by atoms with Gasteiger partial charge >= 0.3 is 6.03 Å². The second kappa shape index (κ2) is 8.85. The molecule has 2 unspecified atom stereocenters. The van der Waals surface area contributed by atoms with Crippen molar-refractivity contribution in [2.45, 2.75) is 50.4 Å². The van der Waals surface area contributed by atoms with Crippen molar-refractivity contribution in [1.29, 1.82) is 0 Å². The molecule has 178 valence electrons. The predicted molar refractivity (Wildman–Crippen MR) is 125 cm³/mol. The predicted octanol–water partition coefficient (Wildman–Crippen LogP) is 2.86. The fourth-order valence-corrected chi connectivity index (χ4v) is 5.35. The van der Waals surface area contributed by atoms with Crippen LogP contribution in [0.3, 0.4) is 0 Å². The number of rotatable bonds is 8. The van der Waals surface area contributed by atoms with Crippen LogP contribution in [0.4, 0.5) is 4.79 Å². The minimum atomic E-state index is -1.20. The lowest BCUT2D eigenvalue weighted by atomic mass is 9.91.